The Labute approximate surface area is 219 Å². The number of carboxylic acids is 3. The van der Waals surface area contributed by atoms with E-state index in [2.05, 4.69) is 19.1 Å². The standard InChI is InChI=1S/C29H53NO6/c1-2-3-4-5-6-7-8-9-10-11-12-13-14-15-16-23-30(24-17-20-27(31)32,25-18-21-28(33)34)26-19-22-29(35)36/h8-9H,2-7,10-26H2,1H3,(H2-,31,32,33,34,35,36)/p+1/b9-8+. The normalized spacial score (nSPS) is 11.8. The van der Waals surface area contributed by atoms with Gasteiger partial charge in [0.25, 0.3) is 0 Å². The Balaban J connectivity index is 4.36. The highest BCUT2D eigenvalue weighted by Crippen LogP contribution is 2.18. The first kappa shape index (κ1) is 34.1. The lowest BCUT2D eigenvalue weighted by Gasteiger charge is -2.39. The van der Waals surface area contributed by atoms with E-state index in [1.807, 2.05) is 0 Å². The summed E-state index contributed by atoms with van der Waals surface area (Å²) in [5.41, 5.74) is 0. The minimum atomic E-state index is -0.828. The second-order valence-corrected chi connectivity index (χ2v) is 10.3. The van der Waals surface area contributed by atoms with Gasteiger partial charge in [0.05, 0.1) is 45.4 Å². The van der Waals surface area contributed by atoms with Crippen LogP contribution in [0.3, 0.4) is 0 Å². The summed E-state index contributed by atoms with van der Waals surface area (Å²) in [7, 11) is 0. The van der Waals surface area contributed by atoms with Crippen molar-refractivity contribution in [3.63, 3.8) is 0 Å². The summed E-state index contributed by atoms with van der Waals surface area (Å²) >= 11 is 0. The van der Waals surface area contributed by atoms with E-state index >= 15 is 0 Å². The number of carbonyl (C=O) groups is 3. The quantitative estimate of drug-likeness (QED) is 0.0618. The highest BCUT2D eigenvalue weighted by Gasteiger charge is 2.27. The summed E-state index contributed by atoms with van der Waals surface area (Å²) in [6.45, 7) is 5.09. The maximum Gasteiger partial charge on any atom is 0.303 e. The molecule has 210 valence electrons. The largest absolute Gasteiger partial charge is 0.481 e. The van der Waals surface area contributed by atoms with Crippen LogP contribution >= 0.6 is 0 Å². The van der Waals surface area contributed by atoms with E-state index in [9.17, 15) is 14.4 Å². The summed E-state index contributed by atoms with van der Waals surface area (Å²) in [6, 6.07) is 0. The van der Waals surface area contributed by atoms with Crippen molar-refractivity contribution in [2.24, 2.45) is 0 Å². The van der Waals surface area contributed by atoms with Crippen molar-refractivity contribution >= 4 is 17.9 Å². The van der Waals surface area contributed by atoms with Gasteiger partial charge >= 0.3 is 17.9 Å². The average molecular weight is 513 g/mol. The fourth-order valence-corrected chi connectivity index (χ4v) is 4.89. The van der Waals surface area contributed by atoms with Crippen molar-refractivity contribution in [1.29, 1.82) is 0 Å². The summed E-state index contributed by atoms with van der Waals surface area (Å²) in [5.74, 6) is -2.48. The summed E-state index contributed by atoms with van der Waals surface area (Å²) in [4.78, 5) is 33.1. The number of allylic oxidation sites excluding steroid dienone is 2. The number of nitrogens with zero attached hydrogens (tertiary/aromatic N) is 1. The van der Waals surface area contributed by atoms with Crippen LogP contribution in [0.4, 0.5) is 0 Å². The maximum absolute atomic E-state index is 11.0. The molecule has 0 saturated carbocycles. The van der Waals surface area contributed by atoms with Gasteiger partial charge in [0.15, 0.2) is 0 Å². The summed E-state index contributed by atoms with van der Waals surface area (Å²) in [5, 5.41) is 27.2. The van der Waals surface area contributed by atoms with Gasteiger partial charge in [0.2, 0.25) is 0 Å². The zero-order chi connectivity index (χ0) is 26.9. The molecule has 0 unspecified atom stereocenters. The Hall–Kier alpha value is -1.89. The van der Waals surface area contributed by atoms with E-state index in [4.69, 9.17) is 15.3 Å². The lowest BCUT2D eigenvalue weighted by molar-refractivity contribution is -0.929. The average Bonchev–Trinajstić information content (AvgIpc) is 2.80. The molecule has 0 spiro atoms. The first-order valence-electron chi connectivity index (χ1n) is 14.5. The van der Waals surface area contributed by atoms with Crippen LogP contribution in [0.2, 0.25) is 0 Å². The lowest BCUT2D eigenvalue weighted by atomic mass is 10.1. The third-order valence-corrected chi connectivity index (χ3v) is 6.96. The predicted octanol–water partition coefficient (Wildman–Crippen LogP) is 7.05. The molecule has 0 aromatic heterocycles. The Morgan fingerprint density at radius 1 is 0.500 bits per heavy atom. The molecule has 0 fully saturated rings. The minimum Gasteiger partial charge on any atom is -0.481 e. The molecular formula is C29H54NO6+. The molecule has 0 rings (SSSR count). The van der Waals surface area contributed by atoms with Crippen LogP contribution in [-0.4, -0.2) is 63.9 Å². The fraction of sp³-hybridized carbons (Fsp3) is 0.828. The summed E-state index contributed by atoms with van der Waals surface area (Å²) in [6.07, 6.45) is 22.5. The molecule has 3 N–H and O–H groups in total. The number of hydrogen-bond donors (Lipinski definition) is 3. The lowest BCUT2D eigenvalue weighted by Crippen LogP contribution is -2.51. The van der Waals surface area contributed by atoms with Gasteiger partial charge in [-0.2, -0.15) is 0 Å². The van der Waals surface area contributed by atoms with Crippen LogP contribution in [0.25, 0.3) is 0 Å². The van der Waals surface area contributed by atoms with E-state index in [-0.39, 0.29) is 19.3 Å². The molecule has 0 atom stereocenters. The highest BCUT2D eigenvalue weighted by atomic mass is 16.4. The number of unbranched alkanes of at least 4 members (excludes halogenated alkanes) is 11. The Kier molecular flexibility index (Phi) is 22.3. The van der Waals surface area contributed by atoms with E-state index in [0.29, 0.717) is 43.4 Å². The number of rotatable bonds is 27. The molecule has 0 amide bonds. The van der Waals surface area contributed by atoms with Gasteiger partial charge in [-0.1, -0.05) is 64.0 Å². The van der Waals surface area contributed by atoms with Crippen LogP contribution in [-0.2, 0) is 14.4 Å². The van der Waals surface area contributed by atoms with Gasteiger partial charge in [-0.15, -0.1) is 0 Å². The molecule has 0 aromatic carbocycles. The van der Waals surface area contributed by atoms with Gasteiger partial charge in [-0.25, -0.2) is 0 Å². The molecule has 7 heteroatoms. The molecule has 0 aromatic rings. The molecule has 0 heterocycles. The van der Waals surface area contributed by atoms with Crippen molar-refractivity contribution in [2.75, 3.05) is 26.2 Å². The smallest absolute Gasteiger partial charge is 0.303 e. The van der Waals surface area contributed by atoms with Crippen LogP contribution in [0.1, 0.15) is 129 Å². The summed E-state index contributed by atoms with van der Waals surface area (Å²) < 4.78 is 0.636. The first-order valence-corrected chi connectivity index (χ1v) is 14.5. The molecule has 0 aliphatic carbocycles. The van der Waals surface area contributed by atoms with Crippen LogP contribution in [0.5, 0.6) is 0 Å². The molecule has 7 nitrogen and oxygen atoms in total. The number of aliphatic carboxylic acids is 3. The predicted molar refractivity (Wildman–Crippen MR) is 145 cm³/mol. The molecule has 0 radical (unpaired) electrons. The zero-order valence-electron chi connectivity index (χ0n) is 22.9. The third kappa shape index (κ3) is 22.6. The van der Waals surface area contributed by atoms with Gasteiger partial charge in [0.1, 0.15) is 0 Å². The van der Waals surface area contributed by atoms with Crippen LogP contribution < -0.4 is 0 Å². The molecular weight excluding hydrogens is 458 g/mol. The Bertz CT molecular complexity index is 554. The molecule has 0 aliphatic rings. The SMILES string of the molecule is CCCCCCC/C=C/CCCCCCCC[N+](CCCC(=O)O)(CCCC(=O)O)CCCC(=O)O. The van der Waals surface area contributed by atoms with E-state index < -0.39 is 17.9 Å². The van der Waals surface area contributed by atoms with Crippen molar-refractivity contribution in [3.8, 4) is 0 Å². The van der Waals surface area contributed by atoms with Gasteiger partial charge in [-0.3, -0.25) is 14.4 Å². The number of hydrogen-bond acceptors (Lipinski definition) is 3. The zero-order valence-corrected chi connectivity index (χ0v) is 22.9. The highest BCUT2D eigenvalue weighted by molar-refractivity contribution is 5.67. The van der Waals surface area contributed by atoms with Crippen molar-refractivity contribution in [1.82, 2.24) is 0 Å². The number of carboxylic acid groups (broad SMARTS) is 3. The molecule has 0 aliphatic heterocycles. The molecule has 36 heavy (non-hydrogen) atoms. The third-order valence-electron chi connectivity index (χ3n) is 6.96. The van der Waals surface area contributed by atoms with Crippen LogP contribution in [0.15, 0.2) is 12.2 Å². The topological polar surface area (TPSA) is 112 Å². The number of quaternary nitrogens is 1. The second-order valence-electron chi connectivity index (χ2n) is 10.3. The monoisotopic (exact) mass is 512 g/mol. The van der Waals surface area contributed by atoms with Gasteiger partial charge < -0.3 is 19.8 Å². The molecule has 0 bridgehead atoms. The Morgan fingerprint density at radius 2 is 0.833 bits per heavy atom. The van der Waals surface area contributed by atoms with Crippen molar-refractivity contribution < 1.29 is 34.2 Å². The van der Waals surface area contributed by atoms with Crippen LogP contribution in [0, 0.1) is 0 Å². The van der Waals surface area contributed by atoms with Crippen molar-refractivity contribution in [3.05, 3.63) is 12.2 Å². The van der Waals surface area contributed by atoms with E-state index in [1.165, 1.54) is 64.2 Å². The minimum absolute atomic E-state index is 0.0885. The Morgan fingerprint density at radius 3 is 1.22 bits per heavy atom. The van der Waals surface area contributed by atoms with E-state index in [1.54, 1.807) is 0 Å². The van der Waals surface area contributed by atoms with Crippen molar-refractivity contribution in [2.45, 2.75) is 129 Å². The maximum atomic E-state index is 11.0. The second kappa shape index (κ2) is 23.5. The van der Waals surface area contributed by atoms with Gasteiger partial charge in [-0.05, 0) is 38.5 Å². The van der Waals surface area contributed by atoms with Gasteiger partial charge in [0, 0.05) is 19.3 Å². The first-order chi connectivity index (χ1) is 17.3. The fourth-order valence-electron chi connectivity index (χ4n) is 4.89. The van der Waals surface area contributed by atoms with E-state index in [0.717, 1.165) is 25.8 Å². The molecule has 0 saturated heterocycles.